The van der Waals surface area contributed by atoms with Crippen LogP contribution in [0.25, 0.3) is 11.5 Å². The summed E-state index contributed by atoms with van der Waals surface area (Å²) >= 11 is 5.97. The normalized spacial score (nSPS) is 12.4. The van der Waals surface area contributed by atoms with E-state index >= 15 is 0 Å². The SMILES string of the molecule is CC(Oc1ncc(-c2nnc(C(F)F)o2)cn1)c1ccc(F)cc1Cl. The summed E-state index contributed by atoms with van der Waals surface area (Å²) < 4.78 is 48.3. The maximum absolute atomic E-state index is 13.1. The van der Waals surface area contributed by atoms with Crippen LogP contribution in [0.5, 0.6) is 6.01 Å². The second-order valence-electron chi connectivity index (χ2n) is 4.93. The zero-order valence-corrected chi connectivity index (χ0v) is 13.4. The maximum Gasteiger partial charge on any atom is 0.316 e. The van der Waals surface area contributed by atoms with Crippen LogP contribution in [-0.2, 0) is 0 Å². The van der Waals surface area contributed by atoms with Gasteiger partial charge in [-0.05, 0) is 19.1 Å². The fourth-order valence-corrected chi connectivity index (χ4v) is 2.30. The molecule has 0 bridgehead atoms. The van der Waals surface area contributed by atoms with Crippen LogP contribution in [0.1, 0.15) is 30.9 Å². The highest BCUT2D eigenvalue weighted by Gasteiger charge is 2.18. The summed E-state index contributed by atoms with van der Waals surface area (Å²) in [6, 6.07) is 3.96. The Morgan fingerprint density at radius 2 is 1.88 bits per heavy atom. The molecule has 0 fully saturated rings. The number of halogens is 4. The van der Waals surface area contributed by atoms with Gasteiger partial charge in [0.15, 0.2) is 0 Å². The first-order valence-corrected chi connectivity index (χ1v) is 7.37. The van der Waals surface area contributed by atoms with Crippen molar-refractivity contribution < 1.29 is 22.3 Å². The van der Waals surface area contributed by atoms with Gasteiger partial charge in [0, 0.05) is 18.0 Å². The number of alkyl halides is 2. The van der Waals surface area contributed by atoms with Crippen LogP contribution in [0, 0.1) is 5.82 Å². The zero-order chi connectivity index (χ0) is 18.0. The minimum atomic E-state index is -2.86. The van der Waals surface area contributed by atoms with Gasteiger partial charge in [0.05, 0.1) is 10.6 Å². The third-order valence-corrected chi connectivity index (χ3v) is 3.51. The first-order chi connectivity index (χ1) is 11.9. The molecule has 25 heavy (non-hydrogen) atoms. The van der Waals surface area contributed by atoms with Crippen LogP contribution >= 0.6 is 11.6 Å². The molecule has 2 heterocycles. The van der Waals surface area contributed by atoms with Crippen LogP contribution in [0.2, 0.25) is 5.02 Å². The van der Waals surface area contributed by atoms with Crippen molar-refractivity contribution in [2.75, 3.05) is 0 Å². The van der Waals surface area contributed by atoms with Crippen LogP contribution in [-0.4, -0.2) is 20.2 Å². The molecule has 0 spiro atoms. The quantitative estimate of drug-likeness (QED) is 0.663. The van der Waals surface area contributed by atoms with E-state index in [-0.39, 0.29) is 22.5 Å². The topological polar surface area (TPSA) is 73.9 Å². The lowest BCUT2D eigenvalue weighted by Gasteiger charge is -2.14. The monoisotopic (exact) mass is 370 g/mol. The summed E-state index contributed by atoms with van der Waals surface area (Å²) in [6.07, 6.45) is -0.798. The van der Waals surface area contributed by atoms with Gasteiger partial charge in [0.2, 0.25) is 0 Å². The second-order valence-corrected chi connectivity index (χ2v) is 5.33. The first-order valence-electron chi connectivity index (χ1n) is 6.99. The van der Waals surface area contributed by atoms with Gasteiger partial charge in [0.25, 0.3) is 11.8 Å². The molecule has 0 radical (unpaired) electrons. The Balaban J connectivity index is 1.73. The molecule has 0 aliphatic rings. The number of aromatic nitrogens is 4. The molecular formula is C15H10ClF3N4O2. The fourth-order valence-electron chi connectivity index (χ4n) is 1.98. The number of hydrogen-bond donors (Lipinski definition) is 0. The molecule has 130 valence electrons. The molecule has 3 aromatic rings. The lowest BCUT2D eigenvalue weighted by atomic mass is 10.1. The predicted molar refractivity (Wildman–Crippen MR) is 80.7 cm³/mol. The summed E-state index contributed by atoms with van der Waals surface area (Å²) in [5, 5.41) is 6.93. The smallest absolute Gasteiger partial charge is 0.316 e. The number of rotatable bonds is 5. The molecule has 0 N–H and O–H groups in total. The Hall–Kier alpha value is -2.68. The van der Waals surface area contributed by atoms with E-state index in [4.69, 9.17) is 20.8 Å². The third kappa shape index (κ3) is 3.87. The van der Waals surface area contributed by atoms with Gasteiger partial charge in [0.1, 0.15) is 11.9 Å². The lowest BCUT2D eigenvalue weighted by molar-refractivity contribution is 0.116. The van der Waals surface area contributed by atoms with Gasteiger partial charge in [-0.1, -0.05) is 17.7 Å². The summed E-state index contributed by atoms with van der Waals surface area (Å²) in [6.45, 7) is 1.70. The number of hydrogen-bond acceptors (Lipinski definition) is 6. The van der Waals surface area contributed by atoms with Gasteiger partial charge < -0.3 is 9.15 Å². The molecule has 2 aromatic heterocycles. The van der Waals surface area contributed by atoms with Crippen LogP contribution in [0.15, 0.2) is 35.0 Å². The van der Waals surface area contributed by atoms with Crippen molar-refractivity contribution in [3.05, 3.63) is 52.9 Å². The molecule has 0 saturated heterocycles. The average Bonchev–Trinajstić information content (AvgIpc) is 3.05. The van der Waals surface area contributed by atoms with E-state index in [1.807, 2.05) is 0 Å². The number of ether oxygens (including phenoxy) is 1. The molecule has 0 amide bonds. The largest absolute Gasteiger partial charge is 0.456 e. The van der Waals surface area contributed by atoms with Crippen molar-refractivity contribution >= 4 is 11.6 Å². The van der Waals surface area contributed by atoms with Crippen LogP contribution in [0.4, 0.5) is 13.2 Å². The molecule has 0 aliphatic heterocycles. The third-order valence-electron chi connectivity index (χ3n) is 3.19. The molecule has 1 aromatic carbocycles. The Kier molecular flexibility index (Phi) is 4.84. The number of benzene rings is 1. The summed E-state index contributed by atoms with van der Waals surface area (Å²) in [5.74, 6) is -1.37. The minimum absolute atomic E-state index is 0.0187. The molecule has 10 heteroatoms. The fraction of sp³-hybridized carbons (Fsp3) is 0.200. The molecule has 1 atom stereocenters. The van der Waals surface area contributed by atoms with Gasteiger partial charge in [-0.25, -0.2) is 14.4 Å². The van der Waals surface area contributed by atoms with Gasteiger partial charge >= 0.3 is 12.4 Å². The van der Waals surface area contributed by atoms with E-state index in [1.165, 1.54) is 30.6 Å². The van der Waals surface area contributed by atoms with Gasteiger partial charge in [-0.15, -0.1) is 10.2 Å². The second kappa shape index (κ2) is 7.06. The van der Waals surface area contributed by atoms with E-state index in [9.17, 15) is 13.2 Å². The predicted octanol–water partition coefficient (Wildman–Crippen LogP) is 4.40. The highest BCUT2D eigenvalue weighted by Crippen LogP contribution is 2.27. The molecule has 3 rings (SSSR count). The van der Waals surface area contributed by atoms with Crippen molar-refractivity contribution in [2.24, 2.45) is 0 Å². The molecule has 6 nitrogen and oxygen atoms in total. The Morgan fingerprint density at radius 1 is 1.16 bits per heavy atom. The van der Waals surface area contributed by atoms with Gasteiger partial charge in [-0.3, -0.25) is 0 Å². The maximum atomic E-state index is 13.1. The summed E-state index contributed by atoms with van der Waals surface area (Å²) in [7, 11) is 0. The summed E-state index contributed by atoms with van der Waals surface area (Å²) in [5.41, 5.74) is 0.827. The standard InChI is InChI=1S/C15H10ClF3N4O2/c1-7(10-3-2-9(17)4-11(10)16)24-15-20-5-8(6-21-15)13-22-23-14(25-13)12(18)19/h2-7,12H,1H3. The van der Waals surface area contributed by atoms with E-state index < -0.39 is 24.2 Å². The van der Waals surface area contributed by atoms with Crippen LogP contribution in [0.3, 0.4) is 0 Å². The Labute approximate surface area is 144 Å². The minimum Gasteiger partial charge on any atom is -0.456 e. The van der Waals surface area contributed by atoms with E-state index in [2.05, 4.69) is 20.2 Å². The molecule has 0 aliphatic carbocycles. The van der Waals surface area contributed by atoms with Gasteiger partial charge in [-0.2, -0.15) is 8.78 Å². The lowest BCUT2D eigenvalue weighted by Crippen LogP contribution is -2.06. The summed E-state index contributed by atoms with van der Waals surface area (Å²) in [4.78, 5) is 7.91. The van der Waals surface area contributed by atoms with E-state index in [0.29, 0.717) is 5.56 Å². The van der Waals surface area contributed by atoms with Crippen molar-refractivity contribution in [3.8, 4) is 17.5 Å². The number of nitrogens with zero attached hydrogens (tertiary/aromatic N) is 4. The van der Waals surface area contributed by atoms with Crippen molar-refractivity contribution in [1.82, 2.24) is 20.2 Å². The van der Waals surface area contributed by atoms with E-state index in [1.54, 1.807) is 6.92 Å². The van der Waals surface area contributed by atoms with Crippen molar-refractivity contribution in [1.29, 1.82) is 0 Å². The van der Waals surface area contributed by atoms with Crippen molar-refractivity contribution in [3.63, 3.8) is 0 Å². The molecule has 0 saturated carbocycles. The highest BCUT2D eigenvalue weighted by atomic mass is 35.5. The van der Waals surface area contributed by atoms with Crippen molar-refractivity contribution in [2.45, 2.75) is 19.5 Å². The zero-order valence-electron chi connectivity index (χ0n) is 12.7. The Morgan fingerprint density at radius 3 is 2.48 bits per heavy atom. The van der Waals surface area contributed by atoms with E-state index in [0.717, 1.165) is 0 Å². The average molecular weight is 371 g/mol. The molecular weight excluding hydrogens is 361 g/mol. The first kappa shape index (κ1) is 17.2. The Bertz CT molecular complexity index is 873. The molecule has 1 unspecified atom stereocenters. The highest BCUT2D eigenvalue weighted by molar-refractivity contribution is 6.31. The van der Waals surface area contributed by atoms with Crippen LogP contribution < -0.4 is 4.74 Å².